The molecule has 4 heteroatoms. The third kappa shape index (κ3) is 3.58. The van der Waals surface area contributed by atoms with E-state index in [2.05, 4.69) is 30.7 Å². The molecule has 20 heavy (non-hydrogen) atoms. The number of amides is 1. The first-order valence-corrected chi connectivity index (χ1v) is 6.96. The molecule has 0 aliphatic carbocycles. The minimum Gasteiger partial charge on any atom is -0.337 e. The molecule has 1 amide bonds. The van der Waals surface area contributed by atoms with Gasteiger partial charge in [-0.05, 0) is 30.4 Å². The summed E-state index contributed by atoms with van der Waals surface area (Å²) in [6.07, 6.45) is 3.85. The average molecular weight is 271 g/mol. The Bertz CT molecular complexity index is 537. The number of hydrogen-bond acceptors (Lipinski definition) is 3. The number of carbonyl (C=O) groups excluding carboxylic acids is 1. The SMILES string of the molecule is CC1(C)CCCN(C(=O)c2ccc(C#CCN)cn2)C1. The van der Waals surface area contributed by atoms with E-state index in [-0.39, 0.29) is 11.3 Å². The fourth-order valence-corrected chi connectivity index (χ4v) is 2.51. The van der Waals surface area contributed by atoms with Gasteiger partial charge in [0.25, 0.3) is 5.91 Å². The normalized spacial score (nSPS) is 17.2. The number of piperidine rings is 1. The van der Waals surface area contributed by atoms with Crippen molar-refractivity contribution in [3.8, 4) is 11.8 Å². The van der Waals surface area contributed by atoms with Gasteiger partial charge in [0.05, 0.1) is 6.54 Å². The van der Waals surface area contributed by atoms with E-state index in [1.54, 1.807) is 12.3 Å². The third-order valence-corrected chi connectivity index (χ3v) is 3.51. The molecule has 0 saturated carbocycles. The maximum atomic E-state index is 12.4. The van der Waals surface area contributed by atoms with Crippen molar-refractivity contribution in [3.63, 3.8) is 0 Å². The molecule has 106 valence electrons. The molecule has 0 unspecified atom stereocenters. The Balaban J connectivity index is 2.09. The molecule has 4 nitrogen and oxygen atoms in total. The van der Waals surface area contributed by atoms with Gasteiger partial charge >= 0.3 is 0 Å². The summed E-state index contributed by atoms with van der Waals surface area (Å²) in [4.78, 5) is 18.5. The first-order valence-electron chi connectivity index (χ1n) is 6.96. The molecule has 1 saturated heterocycles. The summed E-state index contributed by atoms with van der Waals surface area (Å²) in [6.45, 7) is 6.33. The van der Waals surface area contributed by atoms with Crippen LogP contribution in [0.3, 0.4) is 0 Å². The summed E-state index contributed by atoms with van der Waals surface area (Å²) in [5.74, 6) is 5.68. The highest BCUT2D eigenvalue weighted by Gasteiger charge is 2.29. The molecule has 1 aliphatic rings. The van der Waals surface area contributed by atoms with E-state index >= 15 is 0 Å². The molecule has 0 atom stereocenters. The predicted molar refractivity (Wildman–Crippen MR) is 79.1 cm³/mol. The monoisotopic (exact) mass is 271 g/mol. The van der Waals surface area contributed by atoms with Gasteiger partial charge in [-0.25, -0.2) is 4.98 Å². The highest BCUT2D eigenvalue weighted by atomic mass is 16.2. The van der Waals surface area contributed by atoms with Crippen LogP contribution in [0.5, 0.6) is 0 Å². The van der Waals surface area contributed by atoms with Gasteiger partial charge < -0.3 is 10.6 Å². The predicted octanol–water partition coefficient (Wildman–Crippen LogP) is 1.65. The van der Waals surface area contributed by atoms with Crippen LogP contribution in [-0.2, 0) is 0 Å². The average Bonchev–Trinajstić information content (AvgIpc) is 2.44. The van der Waals surface area contributed by atoms with Gasteiger partial charge in [-0.2, -0.15) is 0 Å². The zero-order chi connectivity index (χ0) is 14.6. The van der Waals surface area contributed by atoms with E-state index in [1.807, 2.05) is 11.0 Å². The van der Waals surface area contributed by atoms with Crippen molar-refractivity contribution in [3.05, 3.63) is 29.6 Å². The van der Waals surface area contributed by atoms with Gasteiger partial charge in [-0.3, -0.25) is 4.79 Å². The van der Waals surface area contributed by atoms with Crippen LogP contribution >= 0.6 is 0 Å². The molecular formula is C16H21N3O. The van der Waals surface area contributed by atoms with Crippen molar-refractivity contribution in [2.45, 2.75) is 26.7 Å². The van der Waals surface area contributed by atoms with Gasteiger partial charge in [0.1, 0.15) is 5.69 Å². The maximum Gasteiger partial charge on any atom is 0.272 e. The topological polar surface area (TPSA) is 59.2 Å². The smallest absolute Gasteiger partial charge is 0.272 e. The van der Waals surface area contributed by atoms with Crippen LogP contribution in [0, 0.1) is 17.3 Å². The highest BCUT2D eigenvalue weighted by Crippen LogP contribution is 2.28. The number of rotatable bonds is 1. The second kappa shape index (κ2) is 6.06. The van der Waals surface area contributed by atoms with Crippen molar-refractivity contribution >= 4 is 5.91 Å². The summed E-state index contributed by atoms with van der Waals surface area (Å²) < 4.78 is 0. The van der Waals surface area contributed by atoms with Crippen molar-refractivity contribution < 1.29 is 4.79 Å². The van der Waals surface area contributed by atoms with Gasteiger partial charge in [0.2, 0.25) is 0 Å². The third-order valence-electron chi connectivity index (χ3n) is 3.51. The molecule has 0 bridgehead atoms. The van der Waals surface area contributed by atoms with E-state index < -0.39 is 0 Å². The first kappa shape index (κ1) is 14.5. The Morgan fingerprint density at radius 3 is 2.90 bits per heavy atom. The minimum atomic E-state index is 0.0103. The minimum absolute atomic E-state index is 0.0103. The standard InChI is InChI=1S/C16H21N3O/c1-16(2)8-4-10-19(12-16)15(20)14-7-6-13(11-18-14)5-3-9-17/h6-7,11H,4,8-10,12,17H2,1-2H3. The van der Waals surface area contributed by atoms with E-state index in [1.165, 1.54) is 0 Å². The molecule has 2 N–H and O–H groups in total. The second-order valence-electron chi connectivity index (χ2n) is 5.93. The Labute approximate surface area is 120 Å². The van der Waals surface area contributed by atoms with E-state index in [0.29, 0.717) is 12.2 Å². The van der Waals surface area contributed by atoms with E-state index in [9.17, 15) is 4.79 Å². The lowest BCUT2D eigenvalue weighted by Crippen LogP contribution is -2.43. The van der Waals surface area contributed by atoms with Crippen LogP contribution in [0.2, 0.25) is 0 Å². The van der Waals surface area contributed by atoms with E-state index in [4.69, 9.17) is 5.73 Å². The first-order chi connectivity index (χ1) is 9.52. The lowest BCUT2D eigenvalue weighted by molar-refractivity contribution is 0.0577. The van der Waals surface area contributed by atoms with Gasteiger partial charge in [0, 0.05) is 24.8 Å². The van der Waals surface area contributed by atoms with Gasteiger partial charge in [0.15, 0.2) is 0 Å². The molecule has 0 aromatic carbocycles. The highest BCUT2D eigenvalue weighted by molar-refractivity contribution is 5.92. The van der Waals surface area contributed by atoms with Crippen molar-refractivity contribution in [2.75, 3.05) is 19.6 Å². The molecule has 1 aromatic rings. The molecule has 0 spiro atoms. The summed E-state index contributed by atoms with van der Waals surface area (Å²) >= 11 is 0. The van der Waals surface area contributed by atoms with Crippen LogP contribution in [-0.4, -0.2) is 35.4 Å². The molecule has 1 fully saturated rings. The molecule has 0 radical (unpaired) electrons. The number of likely N-dealkylation sites (tertiary alicyclic amines) is 1. The molecule has 2 rings (SSSR count). The molecule has 2 heterocycles. The second-order valence-corrected chi connectivity index (χ2v) is 5.93. The molecular weight excluding hydrogens is 250 g/mol. The summed E-state index contributed by atoms with van der Waals surface area (Å²) in [5.41, 5.74) is 6.79. The number of nitrogens with zero attached hydrogens (tertiary/aromatic N) is 2. The summed E-state index contributed by atoms with van der Waals surface area (Å²) in [5, 5.41) is 0. The largest absolute Gasteiger partial charge is 0.337 e. The molecule has 1 aliphatic heterocycles. The fourth-order valence-electron chi connectivity index (χ4n) is 2.51. The van der Waals surface area contributed by atoms with Crippen LogP contribution < -0.4 is 5.73 Å². The zero-order valence-electron chi connectivity index (χ0n) is 12.1. The Morgan fingerprint density at radius 1 is 1.50 bits per heavy atom. The zero-order valence-corrected chi connectivity index (χ0v) is 12.1. The van der Waals surface area contributed by atoms with E-state index in [0.717, 1.165) is 31.5 Å². The number of carbonyl (C=O) groups is 1. The lowest BCUT2D eigenvalue weighted by atomic mass is 9.84. The number of nitrogens with two attached hydrogens (primary N) is 1. The fraction of sp³-hybridized carbons (Fsp3) is 0.500. The van der Waals surface area contributed by atoms with Crippen LogP contribution in [0.25, 0.3) is 0 Å². The summed E-state index contributed by atoms with van der Waals surface area (Å²) in [7, 11) is 0. The number of hydrogen-bond donors (Lipinski definition) is 1. The Kier molecular flexibility index (Phi) is 4.41. The van der Waals surface area contributed by atoms with Crippen LogP contribution in [0.1, 0.15) is 42.7 Å². The molecule has 1 aromatic heterocycles. The van der Waals surface area contributed by atoms with Crippen LogP contribution in [0.4, 0.5) is 0 Å². The van der Waals surface area contributed by atoms with Gasteiger partial charge in [-0.1, -0.05) is 25.7 Å². The van der Waals surface area contributed by atoms with Crippen molar-refractivity contribution in [1.29, 1.82) is 0 Å². The summed E-state index contributed by atoms with van der Waals surface area (Å²) in [6, 6.07) is 3.56. The lowest BCUT2D eigenvalue weighted by Gasteiger charge is -2.37. The maximum absolute atomic E-state index is 12.4. The number of aromatic nitrogens is 1. The Hall–Kier alpha value is -1.86. The van der Waals surface area contributed by atoms with Crippen molar-refractivity contribution in [1.82, 2.24) is 9.88 Å². The van der Waals surface area contributed by atoms with Crippen molar-refractivity contribution in [2.24, 2.45) is 11.1 Å². The Morgan fingerprint density at radius 2 is 2.30 bits per heavy atom. The quantitative estimate of drug-likeness (QED) is 0.790. The number of pyridine rings is 1. The van der Waals surface area contributed by atoms with Gasteiger partial charge in [-0.15, -0.1) is 0 Å². The van der Waals surface area contributed by atoms with Crippen LogP contribution in [0.15, 0.2) is 18.3 Å².